The lowest BCUT2D eigenvalue weighted by Crippen LogP contribution is -2.23. The number of halogens is 1. The van der Waals surface area contributed by atoms with Crippen molar-refractivity contribution in [3.05, 3.63) is 44.0 Å². The molecule has 0 bridgehead atoms. The Bertz CT molecular complexity index is 1090. The van der Waals surface area contributed by atoms with Crippen LogP contribution in [-0.2, 0) is 4.79 Å². The van der Waals surface area contributed by atoms with E-state index in [2.05, 4.69) is 41.5 Å². The Kier molecular flexibility index (Phi) is 6.16. The van der Waals surface area contributed by atoms with E-state index in [9.17, 15) is 14.4 Å². The number of anilines is 3. The number of aromatic nitrogens is 3. The molecule has 2 amide bonds. The van der Waals surface area contributed by atoms with Crippen LogP contribution in [0.25, 0.3) is 0 Å². The Morgan fingerprint density at radius 2 is 2.14 bits per heavy atom. The van der Waals surface area contributed by atoms with Crippen molar-refractivity contribution in [3.63, 3.8) is 0 Å². The minimum absolute atomic E-state index is 0.00165. The number of thiazole rings is 1. The third-order valence-electron chi connectivity index (χ3n) is 3.17. The Morgan fingerprint density at radius 3 is 2.75 bits per heavy atom. The minimum Gasteiger partial charge on any atom is -0.444 e. The van der Waals surface area contributed by atoms with Gasteiger partial charge in [0.1, 0.15) is 0 Å². The summed E-state index contributed by atoms with van der Waals surface area (Å²) >= 11 is 5.39. The van der Waals surface area contributed by atoms with Gasteiger partial charge in [-0.1, -0.05) is 11.8 Å². The van der Waals surface area contributed by atoms with Crippen LogP contribution in [0.1, 0.15) is 16.2 Å². The van der Waals surface area contributed by atoms with Gasteiger partial charge in [-0.3, -0.25) is 19.4 Å². The predicted molar refractivity (Wildman–Crippen MR) is 110 cm³/mol. The van der Waals surface area contributed by atoms with Gasteiger partial charge < -0.3 is 20.8 Å². The van der Waals surface area contributed by atoms with Crippen molar-refractivity contribution in [1.82, 2.24) is 15.0 Å². The Balaban J connectivity index is 1.63. The van der Waals surface area contributed by atoms with Crippen LogP contribution < -0.4 is 21.9 Å². The molecule has 0 unspecified atom stereocenters. The van der Waals surface area contributed by atoms with Crippen LogP contribution in [0.4, 0.5) is 16.6 Å². The summed E-state index contributed by atoms with van der Waals surface area (Å²) in [6.07, 6.45) is 0. The number of amides is 2. The number of aromatic amines is 1. The molecular formula is C15H13BrN6O4S2. The van der Waals surface area contributed by atoms with Crippen LogP contribution >= 0.6 is 39.0 Å². The minimum atomic E-state index is -0.650. The average Bonchev–Trinajstić information content (AvgIpc) is 3.24. The molecule has 0 radical (unpaired) electrons. The number of carbonyl (C=O) groups excluding carboxylic acids is 2. The molecule has 146 valence electrons. The second-order valence-corrected chi connectivity index (χ2v) is 7.92. The zero-order chi connectivity index (χ0) is 20.3. The molecule has 0 saturated carbocycles. The fourth-order valence-electron chi connectivity index (χ4n) is 1.97. The summed E-state index contributed by atoms with van der Waals surface area (Å²) in [7, 11) is 0. The summed E-state index contributed by atoms with van der Waals surface area (Å²) in [5.41, 5.74) is 5.74. The van der Waals surface area contributed by atoms with Crippen LogP contribution in [0.15, 0.2) is 36.6 Å². The van der Waals surface area contributed by atoms with Gasteiger partial charge in [-0.25, -0.2) is 9.97 Å². The molecule has 3 rings (SSSR count). The zero-order valence-electron chi connectivity index (χ0n) is 14.2. The first-order valence-corrected chi connectivity index (χ1v) is 10.3. The fourth-order valence-corrected chi connectivity index (χ4v) is 3.65. The van der Waals surface area contributed by atoms with Crippen molar-refractivity contribution >= 4 is 67.5 Å². The molecule has 0 aromatic carbocycles. The van der Waals surface area contributed by atoms with E-state index in [4.69, 9.17) is 10.2 Å². The number of nitrogens with one attached hydrogen (secondary N) is 3. The number of carbonyl (C=O) groups is 2. The third-order valence-corrected chi connectivity index (χ3v) is 5.34. The number of hydrogen-bond donors (Lipinski definition) is 4. The molecule has 0 aliphatic heterocycles. The van der Waals surface area contributed by atoms with Crippen LogP contribution in [0.3, 0.4) is 0 Å². The highest BCUT2D eigenvalue weighted by Gasteiger charge is 2.17. The van der Waals surface area contributed by atoms with E-state index in [0.717, 1.165) is 17.5 Å². The Morgan fingerprint density at radius 1 is 1.36 bits per heavy atom. The number of nitrogen functional groups attached to an aromatic ring is 1. The Hall–Kier alpha value is -2.64. The zero-order valence-corrected chi connectivity index (χ0v) is 17.5. The summed E-state index contributed by atoms with van der Waals surface area (Å²) in [5.74, 6) is -1.14. The maximum Gasteiger partial charge on any atom is 0.291 e. The second-order valence-electron chi connectivity index (χ2n) is 5.32. The SMILES string of the molecule is Cc1csc(NC(=O)CSc2nc(N)c(NC(=O)c3ccc(Br)o3)c(=O)[nH]2)n1. The van der Waals surface area contributed by atoms with Gasteiger partial charge in [0.25, 0.3) is 11.5 Å². The van der Waals surface area contributed by atoms with Gasteiger partial charge >= 0.3 is 0 Å². The molecule has 0 aliphatic rings. The molecule has 0 spiro atoms. The Labute approximate surface area is 174 Å². The number of H-pyrrole nitrogens is 1. The molecule has 0 aliphatic carbocycles. The van der Waals surface area contributed by atoms with Gasteiger partial charge in [0, 0.05) is 5.38 Å². The molecule has 5 N–H and O–H groups in total. The van der Waals surface area contributed by atoms with Crippen LogP contribution in [0, 0.1) is 6.92 Å². The second kappa shape index (κ2) is 8.58. The predicted octanol–water partition coefficient (Wildman–Crippen LogP) is 2.46. The lowest BCUT2D eigenvalue weighted by atomic mass is 10.4. The maximum atomic E-state index is 12.2. The average molecular weight is 485 g/mol. The number of rotatable bonds is 6. The summed E-state index contributed by atoms with van der Waals surface area (Å²) in [4.78, 5) is 46.9. The van der Waals surface area contributed by atoms with Crippen LogP contribution in [0.5, 0.6) is 0 Å². The van der Waals surface area contributed by atoms with E-state index >= 15 is 0 Å². The van der Waals surface area contributed by atoms with Crippen molar-refractivity contribution in [2.45, 2.75) is 12.1 Å². The van der Waals surface area contributed by atoms with Crippen molar-refractivity contribution < 1.29 is 14.0 Å². The van der Waals surface area contributed by atoms with Gasteiger partial charge in [0.05, 0.1) is 11.4 Å². The highest BCUT2D eigenvalue weighted by atomic mass is 79.9. The summed E-state index contributed by atoms with van der Waals surface area (Å²) < 4.78 is 5.49. The van der Waals surface area contributed by atoms with Gasteiger partial charge in [-0.15, -0.1) is 11.3 Å². The highest BCUT2D eigenvalue weighted by molar-refractivity contribution is 9.10. The first-order chi connectivity index (χ1) is 13.3. The summed E-state index contributed by atoms with van der Waals surface area (Å²) in [5, 5.41) is 7.45. The van der Waals surface area contributed by atoms with Crippen molar-refractivity contribution in [2.24, 2.45) is 0 Å². The first-order valence-electron chi connectivity index (χ1n) is 7.63. The number of aryl methyl sites for hydroxylation is 1. The van der Waals surface area contributed by atoms with Gasteiger partial charge in [0.2, 0.25) is 5.91 Å². The van der Waals surface area contributed by atoms with Crippen LogP contribution in [0.2, 0.25) is 0 Å². The quantitative estimate of drug-likeness (QED) is 0.307. The van der Waals surface area contributed by atoms with Gasteiger partial charge in [-0.2, -0.15) is 0 Å². The van der Waals surface area contributed by atoms with Crippen molar-refractivity contribution in [1.29, 1.82) is 0 Å². The largest absolute Gasteiger partial charge is 0.444 e. The molecule has 10 nitrogen and oxygen atoms in total. The molecule has 3 aromatic rings. The standard InChI is InChI=1S/C15H13BrN6O4S2/c1-6-4-27-14(18-6)19-9(23)5-28-15-21-11(17)10(13(25)22-15)20-12(24)7-2-3-8(16)26-7/h2-4H,5H2,1H3,(H,20,24)(H,18,19,23)(H3,17,21,22,25). The fraction of sp³-hybridized carbons (Fsp3) is 0.133. The van der Waals surface area contributed by atoms with Gasteiger partial charge in [-0.05, 0) is 35.0 Å². The van der Waals surface area contributed by atoms with Gasteiger partial charge in [0.15, 0.2) is 32.2 Å². The smallest absolute Gasteiger partial charge is 0.291 e. The summed E-state index contributed by atoms with van der Waals surface area (Å²) in [6, 6.07) is 2.97. The highest BCUT2D eigenvalue weighted by Crippen LogP contribution is 2.20. The molecule has 0 atom stereocenters. The normalized spacial score (nSPS) is 10.6. The van der Waals surface area contributed by atoms with E-state index in [0.29, 0.717) is 9.80 Å². The lowest BCUT2D eigenvalue weighted by Gasteiger charge is -2.07. The molecule has 0 fully saturated rings. The topological polar surface area (TPSA) is 156 Å². The van der Waals surface area contributed by atoms with Crippen LogP contribution in [-0.4, -0.2) is 32.5 Å². The third kappa shape index (κ3) is 4.99. The van der Waals surface area contributed by atoms with E-state index in [-0.39, 0.29) is 34.1 Å². The molecule has 3 heterocycles. The van der Waals surface area contributed by atoms with Crippen molar-refractivity contribution in [3.8, 4) is 0 Å². The number of furan rings is 1. The van der Waals surface area contributed by atoms with E-state index in [1.807, 2.05) is 12.3 Å². The van der Waals surface area contributed by atoms with E-state index in [1.165, 1.54) is 17.4 Å². The number of thioether (sulfide) groups is 1. The van der Waals surface area contributed by atoms with E-state index in [1.54, 1.807) is 6.07 Å². The molecular weight excluding hydrogens is 472 g/mol. The number of nitrogens with zero attached hydrogens (tertiary/aromatic N) is 2. The molecule has 0 saturated heterocycles. The first kappa shape index (κ1) is 20.1. The molecule has 13 heteroatoms. The maximum absolute atomic E-state index is 12.2. The van der Waals surface area contributed by atoms with E-state index < -0.39 is 11.5 Å². The molecule has 3 aromatic heterocycles. The summed E-state index contributed by atoms with van der Waals surface area (Å²) in [6.45, 7) is 1.82. The van der Waals surface area contributed by atoms with Crippen molar-refractivity contribution in [2.75, 3.05) is 22.1 Å². The monoisotopic (exact) mass is 484 g/mol. The lowest BCUT2D eigenvalue weighted by molar-refractivity contribution is -0.113. The number of hydrogen-bond acceptors (Lipinski definition) is 9. The molecule has 28 heavy (non-hydrogen) atoms. The number of nitrogens with two attached hydrogens (primary N) is 1.